The Morgan fingerprint density at radius 1 is 1.75 bits per heavy atom. The van der Waals surface area contributed by atoms with E-state index in [9.17, 15) is 0 Å². The topological polar surface area (TPSA) is 0 Å². The van der Waals surface area contributed by atoms with Gasteiger partial charge in [-0.3, -0.25) is 0 Å². The summed E-state index contributed by atoms with van der Waals surface area (Å²) in [4.78, 5) is 0. The Kier molecular flexibility index (Phi) is 5.22. The average Bonchev–Trinajstić information content (AvgIpc) is 1.68. The van der Waals surface area contributed by atoms with Crippen LogP contribution in [0.25, 0.3) is 0 Å². The summed E-state index contributed by atoms with van der Waals surface area (Å²) < 4.78 is 0. The molecule has 46 valence electrons. The highest BCUT2D eigenvalue weighted by atomic mass is 32.8. The summed E-state index contributed by atoms with van der Waals surface area (Å²) in [7, 11) is 0.0147. The van der Waals surface area contributed by atoms with Crippen molar-refractivity contribution in [3.05, 3.63) is 24.1 Å². The lowest BCUT2D eigenvalue weighted by Crippen LogP contribution is -1.83. The van der Waals surface area contributed by atoms with Crippen LogP contribution in [0.1, 0.15) is 6.92 Å². The Morgan fingerprint density at radius 3 is 2.75 bits per heavy atom. The molecule has 0 aliphatic rings. The van der Waals surface area contributed by atoms with E-state index in [-0.39, 0.29) is 9.45 Å². The molecule has 0 aliphatic heterocycles. The third kappa shape index (κ3) is 4.22. The van der Waals surface area contributed by atoms with Gasteiger partial charge in [0.1, 0.15) is 0 Å². The zero-order valence-electron chi connectivity index (χ0n) is 4.96. The lowest BCUT2D eigenvalue weighted by molar-refractivity contribution is 1.77. The number of hydrogen-bond acceptors (Lipinski definition) is 1. The molecule has 0 saturated carbocycles. The normalized spacial score (nSPS) is 14.1. The average molecular weight is 146 g/mol. The molecule has 0 nitrogen and oxygen atoms in total. The first-order chi connectivity index (χ1) is 3.81. The summed E-state index contributed by atoms with van der Waals surface area (Å²) in [6, 6.07) is 0. The summed E-state index contributed by atoms with van der Waals surface area (Å²) >= 11 is 5.01. The van der Waals surface area contributed by atoms with Gasteiger partial charge in [0, 0.05) is 5.75 Å². The maximum absolute atomic E-state index is 5.01. The smallest absolute Gasteiger partial charge is 0.0196 e. The first kappa shape index (κ1) is 8.05. The molecule has 0 heterocycles. The van der Waals surface area contributed by atoms with Crippen molar-refractivity contribution in [2.45, 2.75) is 6.92 Å². The zero-order chi connectivity index (χ0) is 6.41. The number of hydrogen-bond donors (Lipinski definition) is 0. The van der Waals surface area contributed by atoms with Crippen LogP contribution in [0.5, 0.6) is 0 Å². The Morgan fingerprint density at radius 2 is 2.38 bits per heavy atom. The van der Waals surface area contributed by atoms with Gasteiger partial charge in [0.15, 0.2) is 0 Å². The molecule has 0 aromatic heterocycles. The van der Waals surface area contributed by atoms with Gasteiger partial charge in [0.25, 0.3) is 0 Å². The Labute approximate surface area is 57.9 Å². The third-order valence-electron chi connectivity index (χ3n) is 0.570. The van der Waals surface area contributed by atoms with Crippen LogP contribution < -0.4 is 0 Å². The van der Waals surface area contributed by atoms with E-state index in [1.807, 2.05) is 24.5 Å². The van der Waals surface area contributed by atoms with E-state index in [0.717, 1.165) is 5.75 Å². The summed E-state index contributed by atoms with van der Waals surface area (Å²) in [5, 5.41) is 2.02. The standard InChI is InChI=1S/C6H10S2/c1-3-5-8(7)6-4-2/h3-4,6H,1,5H2,2H3. The molecule has 8 heavy (non-hydrogen) atoms. The maximum Gasteiger partial charge on any atom is 0.0196 e. The van der Waals surface area contributed by atoms with Gasteiger partial charge in [-0.2, -0.15) is 0 Å². The minimum atomic E-state index is 0.0147. The van der Waals surface area contributed by atoms with Crippen LogP contribution in [0.2, 0.25) is 0 Å². The molecule has 0 amide bonds. The molecule has 0 saturated heterocycles. The zero-order valence-corrected chi connectivity index (χ0v) is 6.60. The molecule has 0 bridgehead atoms. The van der Waals surface area contributed by atoms with Crippen molar-refractivity contribution in [1.29, 1.82) is 0 Å². The fourth-order valence-corrected chi connectivity index (χ4v) is 1.59. The van der Waals surface area contributed by atoms with Crippen molar-refractivity contribution in [3.63, 3.8) is 0 Å². The third-order valence-corrected chi connectivity index (χ3v) is 2.45. The van der Waals surface area contributed by atoms with E-state index >= 15 is 0 Å². The van der Waals surface area contributed by atoms with Gasteiger partial charge in [0.05, 0.1) is 0 Å². The van der Waals surface area contributed by atoms with E-state index in [2.05, 4.69) is 6.58 Å². The van der Waals surface area contributed by atoms with Crippen molar-refractivity contribution in [1.82, 2.24) is 0 Å². The molecule has 0 aromatic carbocycles. The Hall–Kier alpha value is 0.0500. The van der Waals surface area contributed by atoms with Crippen molar-refractivity contribution in [2.24, 2.45) is 0 Å². The molecular weight excluding hydrogens is 136 g/mol. The largest absolute Gasteiger partial charge is 0.102 e. The van der Waals surface area contributed by atoms with Gasteiger partial charge >= 0.3 is 0 Å². The fraction of sp³-hybridized carbons (Fsp3) is 0.333. The summed E-state index contributed by atoms with van der Waals surface area (Å²) in [6.07, 6.45) is 3.84. The molecule has 1 unspecified atom stereocenters. The van der Waals surface area contributed by atoms with E-state index in [1.165, 1.54) is 0 Å². The highest BCUT2D eigenvalue weighted by Crippen LogP contribution is 1.84. The molecule has 0 spiro atoms. The minimum absolute atomic E-state index is 0.0147. The van der Waals surface area contributed by atoms with Crippen molar-refractivity contribution >= 4 is 20.6 Å². The van der Waals surface area contributed by atoms with Crippen LogP contribution in [-0.2, 0) is 20.6 Å². The second-order valence-electron chi connectivity index (χ2n) is 1.31. The lowest BCUT2D eigenvalue weighted by Gasteiger charge is -1.87. The van der Waals surface area contributed by atoms with Crippen LogP contribution in [0, 0.1) is 0 Å². The van der Waals surface area contributed by atoms with Gasteiger partial charge in [-0.05, 0) is 23.5 Å². The summed E-state index contributed by atoms with van der Waals surface area (Å²) in [5.74, 6) is 0.930. The van der Waals surface area contributed by atoms with E-state index in [0.29, 0.717) is 0 Å². The molecule has 0 aliphatic carbocycles. The summed E-state index contributed by atoms with van der Waals surface area (Å²) in [6.45, 7) is 5.57. The minimum Gasteiger partial charge on any atom is -0.102 e. The number of rotatable bonds is 3. The quantitative estimate of drug-likeness (QED) is 0.547. The monoisotopic (exact) mass is 146 g/mol. The lowest BCUT2D eigenvalue weighted by atomic mass is 10.8. The van der Waals surface area contributed by atoms with Crippen molar-refractivity contribution < 1.29 is 0 Å². The predicted octanol–water partition coefficient (Wildman–Crippen LogP) is 1.79. The highest BCUT2D eigenvalue weighted by molar-refractivity contribution is 8.30. The first-order valence-corrected chi connectivity index (χ1v) is 4.80. The van der Waals surface area contributed by atoms with Crippen molar-refractivity contribution in [2.75, 3.05) is 5.75 Å². The van der Waals surface area contributed by atoms with E-state index in [1.54, 1.807) is 0 Å². The SMILES string of the molecule is C=CCS(=S)C=CC. The molecule has 0 fully saturated rings. The Bertz CT molecular complexity index is 114. The molecule has 0 radical (unpaired) electrons. The van der Waals surface area contributed by atoms with Gasteiger partial charge in [0.2, 0.25) is 0 Å². The predicted molar refractivity (Wildman–Crippen MR) is 44.6 cm³/mol. The van der Waals surface area contributed by atoms with Crippen LogP contribution >= 0.6 is 0 Å². The first-order valence-electron chi connectivity index (χ1n) is 2.42. The molecule has 2 heteroatoms. The van der Waals surface area contributed by atoms with Gasteiger partial charge in [-0.25, -0.2) is 0 Å². The van der Waals surface area contributed by atoms with Crippen LogP contribution in [0.3, 0.4) is 0 Å². The molecule has 0 rings (SSSR count). The number of allylic oxidation sites excluding steroid dienone is 1. The van der Waals surface area contributed by atoms with Gasteiger partial charge < -0.3 is 0 Å². The molecule has 0 aromatic rings. The van der Waals surface area contributed by atoms with E-state index < -0.39 is 0 Å². The van der Waals surface area contributed by atoms with Crippen LogP contribution in [0.15, 0.2) is 24.1 Å². The van der Waals surface area contributed by atoms with Crippen LogP contribution in [0.4, 0.5) is 0 Å². The second-order valence-corrected chi connectivity index (χ2v) is 3.96. The Balaban J connectivity index is 3.48. The second kappa shape index (κ2) is 5.19. The van der Waals surface area contributed by atoms with Gasteiger partial charge in [-0.1, -0.05) is 21.6 Å². The maximum atomic E-state index is 5.01. The van der Waals surface area contributed by atoms with Crippen molar-refractivity contribution in [3.8, 4) is 0 Å². The molecular formula is C6H10S2. The van der Waals surface area contributed by atoms with Crippen LogP contribution in [-0.4, -0.2) is 5.75 Å². The highest BCUT2D eigenvalue weighted by Gasteiger charge is 1.78. The molecule has 0 N–H and O–H groups in total. The summed E-state index contributed by atoms with van der Waals surface area (Å²) in [5.41, 5.74) is 0. The fourth-order valence-electron chi connectivity index (χ4n) is 0.323. The molecule has 1 atom stereocenters. The van der Waals surface area contributed by atoms with Gasteiger partial charge in [-0.15, -0.1) is 6.58 Å². The van der Waals surface area contributed by atoms with E-state index in [4.69, 9.17) is 11.2 Å².